The number of nitrogens with one attached hydrogen (secondary N) is 1. The zero-order valence-corrected chi connectivity index (χ0v) is 12.8. The van der Waals surface area contributed by atoms with Gasteiger partial charge in [-0.3, -0.25) is 0 Å². The minimum Gasteiger partial charge on any atom is -0.331 e. The Morgan fingerprint density at radius 3 is 2.52 bits per heavy atom. The first-order valence-electron chi connectivity index (χ1n) is 7.63. The standard InChI is InChI=1S/C18H18F2N2O/c1-12(13-5-3-2-4-6-13)22-10-9-17(21-18(22)23)14-7-8-15(19)16(20)11-14/h2-8,11-12,17H,9-10H2,1H3,(H,21,23)/t12-,17?/m1/s1. The molecule has 0 spiro atoms. The van der Waals surface area contributed by atoms with E-state index >= 15 is 0 Å². The number of halogens is 2. The minimum atomic E-state index is -0.892. The van der Waals surface area contributed by atoms with Gasteiger partial charge in [0, 0.05) is 6.54 Å². The van der Waals surface area contributed by atoms with Gasteiger partial charge in [0.15, 0.2) is 11.6 Å². The molecule has 0 bridgehead atoms. The Hall–Kier alpha value is -2.43. The molecule has 2 amide bonds. The number of urea groups is 1. The Balaban J connectivity index is 1.72. The number of amides is 2. The number of carbonyl (C=O) groups excluding carboxylic acids is 1. The summed E-state index contributed by atoms with van der Waals surface area (Å²) in [6.07, 6.45) is 0.647. The first-order valence-corrected chi connectivity index (χ1v) is 7.63. The Morgan fingerprint density at radius 2 is 1.87 bits per heavy atom. The highest BCUT2D eigenvalue weighted by atomic mass is 19.2. The predicted octanol–water partition coefficient (Wildman–Crippen LogP) is 4.18. The zero-order valence-electron chi connectivity index (χ0n) is 12.8. The average molecular weight is 316 g/mol. The fraction of sp³-hybridized carbons (Fsp3) is 0.278. The molecule has 120 valence electrons. The second-order valence-corrected chi connectivity index (χ2v) is 5.74. The van der Waals surface area contributed by atoms with Crippen molar-refractivity contribution < 1.29 is 13.6 Å². The third-order valence-electron chi connectivity index (χ3n) is 4.31. The van der Waals surface area contributed by atoms with E-state index in [1.54, 1.807) is 4.90 Å². The van der Waals surface area contributed by atoms with E-state index in [1.807, 2.05) is 37.3 Å². The summed E-state index contributed by atoms with van der Waals surface area (Å²) in [7, 11) is 0. The molecule has 1 aliphatic heterocycles. The van der Waals surface area contributed by atoms with E-state index in [0.717, 1.165) is 17.7 Å². The van der Waals surface area contributed by atoms with E-state index in [9.17, 15) is 13.6 Å². The van der Waals surface area contributed by atoms with Gasteiger partial charge in [-0.05, 0) is 36.6 Å². The number of carbonyl (C=O) groups is 1. The highest BCUT2D eigenvalue weighted by Crippen LogP contribution is 2.28. The quantitative estimate of drug-likeness (QED) is 0.905. The molecule has 1 aliphatic rings. The molecular weight excluding hydrogens is 298 g/mol. The molecule has 23 heavy (non-hydrogen) atoms. The molecule has 1 saturated heterocycles. The van der Waals surface area contributed by atoms with Crippen LogP contribution in [0.5, 0.6) is 0 Å². The Kier molecular flexibility index (Phi) is 4.28. The lowest BCUT2D eigenvalue weighted by Crippen LogP contribution is -2.48. The zero-order chi connectivity index (χ0) is 16.4. The lowest BCUT2D eigenvalue weighted by molar-refractivity contribution is 0.154. The summed E-state index contributed by atoms with van der Waals surface area (Å²) in [6, 6.07) is 13.0. The molecule has 5 heteroatoms. The van der Waals surface area contributed by atoms with Crippen molar-refractivity contribution in [1.82, 2.24) is 10.2 Å². The Bertz CT molecular complexity index is 705. The molecule has 2 atom stereocenters. The Morgan fingerprint density at radius 1 is 1.13 bits per heavy atom. The van der Waals surface area contributed by atoms with Crippen LogP contribution in [0.4, 0.5) is 13.6 Å². The monoisotopic (exact) mass is 316 g/mol. The number of nitrogens with zero attached hydrogens (tertiary/aromatic N) is 1. The smallest absolute Gasteiger partial charge is 0.318 e. The average Bonchev–Trinajstić information content (AvgIpc) is 2.57. The fourth-order valence-electron chi connectivity index (χ4n) is 2.93. The van der Waals surface area contributed by atoms with Gasteiger partial charge >= 0.3 is 6.03 Å². The van der Waals surface area contributed by atoms with E-state index in [4.69, 9.17) is 0 Å². The van der Waals surface area contributed by atoms with Crippen LogP contribution in [0.25, 0.3) is 0 Å². The Labute approximate surface area is 133 Å². The van der Waals surface area contributed by atoms with Crippen LogP contribution in [-0.4, -0.2) is 17.5 Å². The number of rotatable bonds is 3. The van der Waals surface area contributed by atoms with Crippen LogP contribution in [-0.2, 0) is 0 Å². The second kappa shape index (κ2) is 6.36. The van der Waals surface area contributed by atoms with Gasteiger partial charge in [0.25, 0.3) is 0 Å². The summed E-state index contributed by atoms with van der Waals surface area (Å²) in [5, 5.41) is 2.88. The van der Waals surface area contributed by atoms with Crippen molar-refractivity contribution in [3.05, 3.63) is 71.3 Å². The van der Waals surface area contributed by atoms with Crippen molar-refractivity contribution >= 4 is 6.03 Å². The van der Waals surface area contributed by atoms with E-state index < -0.39 is 11.6 Å². The van der Waals surface area contributed by atoms with Gasteiger partial charge in [0.2, 0.25) is 0 Å². The van der Waals surface area contributed by atoms with Crippen molar-refractivity contribution in [2.24, 2.45) is 0 Å². The lowest BCUT2D eigenvalue weighted by Gasteiger charge is -2.37. The van der Waals surface area contributed by atoms with Crippen LogP contribution in [0.15, 0.2) is 48.5 Å². The fourth-order valence-corrected chi connectivity index (χ4v) is 2.93. The molecule has 2 aromatic rings. The van der Waals surface area contributed by atoms with Crippen LogP contribution in [0.1, 0.15) is 36.6 Å². The van der Waals surface area contributed by atoms with Crippen LogP contribution in [0.2, 0.25) is 0 Å². The summed E-state index contributed by atoms with van der Waals surface area (Å²) in [4.78, 5) is 14.1. The highest BCUT2D eigenvalue weighted by Gasteiger charge is 2.29. The normalized spacial score (nSPS) is 19.3. The summed E-state index contributed by atoms with van der Waals surface area (Å²) in [5.41, 5.74) is 1.65. The first kappa shape index (κ1) is 15.5. The van der Waals surface area contributed by atoms with E-state index in [-0.39, 0.29) is 18.1 Å². The summed E-state index contributed by atoms with van der Waals surface area (Å²) in [5.74, 6) is -1.77. The van der Waals surface area contributed by atoms with Crippen molar-refractivity contribution in [1.29, 1.82) is 0 Å². The minimum absolute atomic E-state index is 0.0397. The van der Waals surface area contributed by atoms with Gasteiger partial charge in [-0.1, -0.05) is 36.4 Å². The molecule has 1 unspecified atom stereocenters. The third-order valence-corrected chi connectivity index (χ3v) is 4.31. The van der Waals surface area contributed by atoms with Crippen molar-refractivity contribution in [2.75, 3.05) is 6.54 Å². The van der Waals surface area contributed by atoms with Crippen molar-refractivity contribution in [3.8, 4) is 0 Å². The molecule has 3 nitrogen and oxygen atoms in total. The number of benzene rings is 2. The van der Waals surface area contributed by atoms with Gasteiger partial charge in [-0.2, -0.15) is 0 Å². The molecular formula is C18H18F2N2O. The van der Waals surface area contributed by atoms with E-state index in [0.29, 0.717) is 18.5 Å². The third kappa shape index (κ3) is 3.18. The molecule has 1 fully saturated rings. The molecule has 2 aromatic carbocycles. The highest BCUT2D eigenvalue weighted by molar-refractivity contribution is 5.76. The number of hydrogen-bond donors (Lipinski definition) is 1. The molecule has 0 aliphatic carbocycles. The van der Waals surface area contributed by atoms with Crippen molar-refractivity contribution in [2.45, 2.75) is 25.4 Å². The SMILES string of the molecule is C[C@H](c1ccccc1)N1CCC(c2ccc(F)c(F)c2)NC1=O. The van der Waals surface area contributed by atoms with E-state index in [2.05, 4.69) is 5.32 Å². The second-order valence-electron chi connectivity index (χ2n) is 5.74. The van der Waals surface area contributed by atoms with Gasteiger partial charge in [0.05, 0.1) is 12.1 Å². The molecule has 1 heterocycles. The lowest BCUT2D eigenvalue weighted by atomic mass is 9.99. The topological polar surface area (TPSA) is 32.3 Å². The van der Waals surface area contributed by atoms with Gasteiger partial charge in [-0.15, -0.1) is 0 Å². The summed E-state index contributed by atoms with van der Waals surface area (Å²) >= 11 is 0. The van der Waals surface area contributed by atoms with Crippen LogP contribution in [0.3, 0.4) is 0 Å². The van der Waals surface area contributed by atoms with E-state index in [1.165, 1.54) is 6.07 Å². The molecule has 1 N–H and O–H groups in total. The van der Waals surface area contributed by atoms with Crippen LogP contribution in [0, 0.1) is 11.6 Å². The largest absolute Gasteiger partial charge is 0.331 e. The first-order chi connectivity index (χ1) is 11.1. The van der Waals surface area contributed by atoms with Gasteiger partial charge < -0.3 is 10.2 Å². The molecule has 3 rings (SSSR count). The van der Waals surface area contributed by atoms with Crippen LogP contribution < -0.4 is 5.32 Å². The molecule has 0 radical (unpaired) electrons. The van der Waals surface area contributed by atoms with Crippen molar-refractivity contribution in [3.63, 3.8) is 0 Å². The summed E-state index contributed by atoms with van der Waals surface area (Å²) in [6.45, 7) is 2.54. The van der Waals surface area contributed by atoms with Gasteiger partial charge in [0.1, 0.15) is 0 Å². The maximum absolute atomic E-state index is 13.4. The maximum atomic E-state index is 13.4. The molecule has 0 saturated carbocycles. The molecule has 0 aromatic heterocycles. The number of hydrogen-bond acceptors (Lipinski definition) is 1. The van der Waals surface area contributed by atoms with Crippen LogP contribution >= 0.6 is 0 Å². The van der Waals surface area contributed by atoms with Gasteiger partial charge in [-0.25, -0.2) is 13.6 Å². The maximum Gasteiger partial charge on any atom is 0.318 e. The summed E-state index contributed by atoms with van der Waals surface area (Å²) < 4.78 is 26.4. The predicted molar refractivity (Wildman–Crippen MR) is 83.8 cm³/mol.